The van der Waals surface area contributed by atoms with Crippen LogP contribution in [0.15, 0.2) is 47.4 Å². The molecule has 2 aromatic carbocycles. The van der Waals surface area contributed by atoms with Crippen molar-refractivity contribution in [1.82, 2.24) is 4.57 Å². The second-order valence-electron chi connectivity index (χ2n) is 7.28. The number of pyridine rings is 1. The third-order valence-corrected chi connectivity index (χ3v) is 5.20. The lowest BCUT2D eigenvalue weighted by molar-refractivity contribution is 0.0981. The topological polar surface area (TPSA) is 77.1 Å². The van der Waals surface area contributed by atoms with Crippen molar-refractivity contribution in [3.63, 3.8) is 0 Å². The highest BCUT2D eigenvalue weighted by atomic mass is 19.1. The van der Waals surface area contributed by atoms with Crippen LogP contribution >= 0.6 is 0 Å². The molecule has 7 heteroatoms. The third-order valence-electron chi connectivity index (χ3n) is 5.20. The van der Waals surface area contributed by atoms with Gasteiger partial charge in [0, 0.05) is 36.8 Å². The molecule has 1 saturated carbocycles. The first kappa shape index (κ1) is 19.1. The number of nitrogens with one attached hydrogen (secondary N) is 1. The van der Waals surface area contributed by atoms with Crippen LogP contribution in [0.2, 0.25) is 0 Å². The van der Waals surface area contributed by atoms with E-state index in [2.05, 4.69) is 5.32 Å². The lowest BCUT2D eigenvalue weighted by Crippen LogP contribution is -2.16. The monoisotopic (exact) mass is 397 g/mol. The summed E-state index contributed by atoms with van der Waals surface area (Å²) < 4.78 is 31.6. The molecular weight excluding hydrogens is 376 g/mol. The van der Waals surface area contributed by atoms with Gasteiger partial charge in [0.15, 0.2) is 22.8 Å². The normalized spacial score (nSPS) is 13.6. The number of nitrogens with zero attached hydrogens (tertiary/aromatic N) is 1. The van der Waals surface area contributed by atoms with Gasteiger partial charge < -0.3 is 15.6 Å². The van der Waals surface area contributed by atoms with E-state index in [1.807, 2.05) is 6.07 Å². The number of ketones is 1. The quantitative estimate of drug-likeness (QED) is 0.355. The minimum Gasteiger partial charge on any atom is -0.396 e. The number of anilines is 2. The molecular formula is C22H21F2N3O2. The van der Waals surface area contributed by atoms with Crippen molar-refractivity contribution in [3.8, 4) is 0 Å². The zero-order valence-electron chi connectivity index (χ0n) is 15.8. The Kier molecular flexibility index (Phi) is 5.05. The molecule has 0 spiro atoms. The maximum Gasteiger partial charge on any atom is 0.191 e. The molecule has 4 rings (SSSR count). The van der Waals surface area contributed by atoms with Crippen molar-refractivity contribution in [3.05, 3.63) is 70.0 Å². The van der Waals surface area contributed by atoms with Gasteiger partial charge in [-0.2, -0.15) is 0 Å². The van der Waals surface area contributed by atoms with E-state index in [1.54, 1.807) is 28.8 Å². The van der Waals surface area contributed by atoms with Gasteiger partial charge in [0.05, 0.1) is 16.6 Å². The van der Waals surface area contributed by atoms with E-state index in [1.165, 1.54) is 12.3 Å². The molecule has 0 atom stereocenters. The van der Waals surface area contributed by atoms with Crippen molar-refractivity contribution < 1.29 is 13.6 Å². The molecule has 0 aliphatic heterocycles. The number of aromatic nitrogens is 1. The Bertz CT molecular complexity index is 1140. The lowest BCUT2D eigenvalue weighted by atomic mass is 10.1. The zero-order chi connectivity index (χ0) is 20.5. The maximum absolute atomic E-state index is 15.2. The van der Waals surface area contributed by atoms with Gasteiger partial charge in [0.25, 0.3) is 0 Å². The van der Waals surface area contributed by atoms with Crippen LogP contribution in [0, 0.1) is 11.6 Å². The van der Waals surface area contributed by atoms with E-state index in [4.69, 9.17) is 5.73 Å². The fraction of sp³-hybridized carbons (Fsp3) is 0.273. The van der Waals surface area contributed by atoms with Crippen molar-refractivity contribution in [2.24, 2.45) is 0 Å². The molecule has 150 valence electrons. The lowest BCUT2D eigenvalue weighted by Gasteiger charge is -2.17. The van der Waals surface area contributed by atoms with Crippen molar-refractivity contribution in [2.75, 3.05) is 17.6 Å². The Morgan fingerprint density at radius 3 is 2.55 bits per heavy atom. The number of fused-ring (bicyclic) bond motifs is 1. The Morgan fingerprint density at radius 2 is 1.86 bits per heavy atom. The van der Waals surface area contributed by atoms with Gasteiger partial charge in [-0.1, -0.05) is 30.3 Å². The molecule has 5 nitrogen and oxygen atoms in total. The molecule has 0 bridgehead atoms. The van der Waals surface area contributed by atoms with E-state index in [9.17, 15) is 14.0 Å². The largest absolute Gasteiger partial charge is 0.396 e. The number of carbonyl (C=O) groups excluding carboxylic acids is 1. The number of Topliss-reactive ketones (excluding diaryl/α,β-unsaturated/α-hetero) is 1. The highest BCUT2D eigenvalue weighted by Gasteiger charge is 2.29. The molecule has 1 heterocycles. The summed E-state index contributed by atoms with van der Waals surface area (Å²) in [6.07, 6.45) is 3.92. The van der Waals surface area contributed by atoms with Crippen molar-refractivity contribution >= 4 is 28.1 Å². The highest BCUT2D eigenvalue weighted by molar-refractivity contribution is 5.96. The van der Waals surface area contributed by atoms with Crippen LogP contribution in [0.4, 0.5) is 20.2 Å². The summed E-state index contributed by atoms with van der Waals surface area (Å²) in [6, 6.07) is 10.2. The summed E-state index contributed by atoms with van der Waals surface area (Å²) >= 11 is 0. The smallest absolute Gasteiger partial charge is 0.191 e. The molecule has 29 heavy (non-hydrogen) atoms. The Hall–Kier alpha value is -3.22. The SMILES string of the molecule is Nc1c(F)c(NCCCC(=O)c2ccccc2)c(F)c2c1c(=O)ccn2C1CC1. The van der Waals surface area contributed by atoms with Gasteiger partial charge in [-0.05, 0) is 19.3 Å². The first-order chi connectivity index (χ1) is 14.0. The summed E-state index contributed by atoms with van der Waals surface area (Å²) in [5.74, 6) is -1.84. The first-order valence-corrected chi connectivity index (χ1v) is 9.62. The fourth-order valence-electron chi connectivity index (χ4n) is 3.54. The predicted molar refractivity (Wildman–Crippen MR) is 109 cm³/mol. The molecule has 3 N–H and O–H groups in total. The second kappa shape index (κ2) is 7.66. The number of carbonyl (C=O) groups is 1. The summed E-state index contributed by atoms with van der Waals surface area (Å²) in [4.78, 5) is 24.3. The molecule has 0 saturated heterocycles. The van der Waals surface area contributed by atoms with E-state index >= 15 is 4.39 Å². The number of nitrogen functional groups attached to an aromatic ring is 1. The predicted octanol–water partition coefficient (Wildman–Crippen LogP) is 4.27. The van der Waals surface area contributed by atoms with Gasteiger partial charge in [0.2, 0.25) is 0 Å². The fourth-order valence-corrected chi connectivity index (χ4v) is 3.54. The summed E-state index contributed by atoms with van der Waals surface area (Å²) in [7, 11) is 0. The van der Waals surface area contributed by atoms with E-state index in [-0.39, 0.29) is 47.1 Å². The van der Waals surface area contributed by atoms with Crippen LogP contribution in [-0.4, -0.2) is 16.9 Å². The Morgan fingerprint density at radius 1 is 1.14 bits per heavy atom. The van der Waals surface area contributed by atoms with E-state index in [0.29, 0.717) is 12.0 Å². The van der Waals surface area contributed by atoms with Crippen LogP contribution < -0.4 is 16.5 Å². The van der Waals surface area contributed by atoms with E-state index < -0.39 is 17.1 Å². The molecule has 1 fully saturated rings. The number of hydrogen-bond acceptors (Lipinski definition) is 4. The van der Waals surface area contributed by atoms with Gasteiger partial charge in [-0.3, -0.25) is 9.59 Å². The minimum absolute atomic E-state index is 0.0294. The van der Waals surface area contributed by atoms with Gasteiger partial charge >= 0.3 is 0 Å². The third kappa shape index (κ3) is 3.60. The standard InChI is InChI=1S/C22H21F2N3O2/c23-18-20(25)17-16(29)10-12-27(14-8-9-14)22(17)19(24)21(18)26-11-4-7-15(28)13-5-2-1-3-6-13/h1-3,5-6,10,12,14,26H,4,7-9,11,25H2. The number of nitrogens with two attached hydrogens (primary N) is 1. The molecule has 0 unspecified atom stereocenters. The molecule has 0 amide bonds. The number of halogens is 2. The summed E-state index contributed by atoms with van der Waals surface area (Å²) in [5.41, 5.74) is 5.27. The summed E-state index contributed by atoms with van der Waals surface area (Å²) in [6.45, 7) is 0.192. The number of hydrogen-bond donors (Lipinski definition) is 2. The highest BCUT2D eigenvalue weighted by Crippen LogP contribution is 2.40. The van der Waals surface area contributed by atoms with Gasteiger partial charge in [-0.25, -0.2) is 8.78 Å². The van der Waals surface area contributed by atoms with Crippen LogP contribution in [-0.2, 0) is 0 Å². The average molecular weight is 397 g/mol. The molecule has 1 aliphatic carbocycles. The Balaban J connectivity index is 1.57. The molecule has 1 aromatic heterocycles. The zero-order valence-corrected chi connectivity index (χ0v) is 15.8. The van der Waals surface area contributed by atoms with Crippen LogP contribution in [0.1, 0.15) is 42.1 Å². The maximum atomic E-state index is 15.2. The summed E-state index contributed by atoms with van der Waals surface area (Å²) in [5, 5.41) is 2.60. The van der Waals surface area contributed by atoms with Crippen LogP contribution in [0.5, 0.6) is 0 Å². The molecule has 0 radical (unpaired) electrons. The Labute approximate surface area is 166 Å². The average Bonchev–Trinajstić information content (AvgIpc) is 3.57. The van der Waals surface area contributed by atoms with Crippen molar-refractivity contribution in [2.45, 2.75) is 31.7 Å². The first-order valence-electron chi connectivity index (χ1n) is 9.62. The van der Waals surface area contributed by atoms with Gasteiger partial charge in [-0.15, -0.1) is 0 Å². The molecule has 3 aromatic rings. The number of rotatable bonds is 7. The number of benzene rings is 2. The molecule has 1 aliphatic rings. The van der Waals surface area contributed by atoms with Crippen molar-refractivity contribution in [1.29, 1.82) is 0 Å². The van der Waals surface area contributed by atoms with E-state index in [0.717, 1.165) is 12.8 Å². The minimum atomic E-state index is -0.977. The second-order valence-corrected chi connectivity index (χ2v) is 7.28. The van der Waals surface area contributed by atoms with Gasteiger partial charge in [0.1, 0.15) is 5.69 Å². The van der Waals surface area contributed by atoms with Crippen LogP contribution in [0.25, 0.3) is 10.9 Å². The van der Waals surface area contributed by atoms with Crippen LogP contribution in [0.3, 0.4) is 0 Å².